The van der Waals surface area contributed by atoms with Crippen molar-refractivity contribution in [1.82, 2.24) is 15.0 Å². The van der Waals surface area contributed by atoms with Gasteiger partial charge in [-0.1, -0.05) is 24.3 Å². The van der Waals surface area contributed by atoms with E-state index in [0.29, 0.717) is 17.8 Å². The van der Waals surface area contributed by atoms with E-state index in [2.05, 4.69) is 25.0 Å². The van der Waals surface area contributed by atoms with Gasteiger partial charge in [0.2, 0.25) is 0 Å². The Balaban J connectivity index is 1.42. The molecule has 8 heteroatoms. The van der Waals surface area contributed by atoms with E-state index in [1.807, 2.05) is 24.4 Å². The molecule has 0 amide bonds. The Kier molecular flexibility index (Phi) is 5.07. The quantitative estimate of drug-likeness (QED) is 0.477. The lowest BCUT2D eigenvalue weighted by Crippen LogP contribution is -2.18. The van der Waals surface area contributed by atoms with Crippen molar-refractivity contribution in [2.24, 2.45) is 0 Å². The van der Waals surface area contributed by atoms with E-state index >= 15 is 0 Å². The first kappa shape index (κ1) is 18.8. The molecule has 0 aliphatic rings. The second-order valence-corrected chi connectivity index (χ2v) is 6.45. The molecule has 0 unspecified atom stereocenters. The molecule has 148 valence electrons. The van der Waals surface area contributed by atoms with Gasteiger partial charge in [-0.15, -0.1) is 13.2 Å². The zero-order valence-electron chi connectivity index (χ0n) is 15.2. The highest BCUT2D eigenvalue weighted by molar-refractivity contribution is 5.79. The van der Waals surface area contributed by atoms with E-state index in [1.54, 1.807) is 30.6 Å². The minimum absolute atomic E-state index is 0.159. The summed E-state index contributed by atoms with van der Waals surface area (Å²) in [5, 5.41) is 4.09. The molecule has 0 radical (unpaired) electrons. The van der Waals surface area contributed by atoms with E-state index in [0.717, 1.165) is 22.2 Å². The van der Waals surface area contributed by atoms with Crippen molar-refractivity contribution in [3.8, 4) is 5.75 Å². The smallest absolute Gasteiger partial charge is 0.405 e. The Hall–Kier alpha value is -3.55. The normalized spacial score (nSPS) is 11.6. The van der Waals surface area contributed by atoms with E-state index < -0.39 is 6.36 Å². The monoisotopic (exact) mass is 398 g/mol. The fourth-order valence-electron chi connectivity index (χ4n) is 3.07. The number of alkyl halides is 3. The lowest BCUT2D eigenvalue weighted by atomic mass is 10.1. The SMILES string of the molecule is FC(F)(F)Oc1ccccc1CNc1ccc(Cc2c[nH]c3ncccc23)cn1. The molecule has 0 fully saturated rings. The average Bonchev–Trinajstić information content (AvgIpc) is 3.10. The lowest BCUT2D eigenvalue weighted by molar-refractivity contribution is -0.274. The van der Waals surface area contributed by atoms with Crippen LogP contribution in [0.15, 0.2) is 67.1 Å². The van der Waals surface area contributed by atoms with Crippen LogP contribution in [-0.2, 0) is 13.0 Å². The minimum Gasteiger partial charge on any atom is -0.405 e. The third-order valence-electron chi connectivity index (χ3n) is 4.41. The van der Waals surface area contributed by atoms with Crippen molar-refractivity contribution in [1.29, 1.82) is 0 Å². The molecule has 5 nitrogen and oxygen atoms in total. The number of hydrogen-bond acceptors (Lipinski definition) is 4. The van der Waals surface area contributed by atoms with Gasteiger partial charge in [0.15, 0.2) is 0 Å². The molecule has 4 aromatic rings. The number of para-hydroxylation sites is 1. The maximum absolute atomic E-state index is 12.5. The summed E-state index contributed by atoms with van der Waals surface area (Å²) < 4.78 is 41.6. The van der Waals surface area contributed by atoms with Crippen LogP contribution in [0.5, 0.6) is 5.75 Å². The molecule has 0 aliphatic heterocycles. The first-order chi connectivity index (χ1) is 14.0. The van der Waals surface area contributed by atoms with Crippen molar-refractivity contribution >= 4 is 16.9 Å². The van der Waals surface area contributed by atoms with Crippen LogP contribution in [0.4, 0.5) is 19.0 Å². The molecule has 4 rings (SSSR count). The van der Waals surface area contributed by atoms with Gasteiger partial charge in [0, 0.05) is 42.5 Å². The van der Waals surface area contributed by atoms with Gasteiger partial charge in [-0.25, -0.2) is 9.97 Å². The van der Waals surface area contributed by atoms with Crippen molar-refractivity contribution < 1.29 is 17.9 Å². The molecule has 2 N–H and O–H groups in total. The Labute approximate surface area is 164 Å². The summed E-state index contributed by atoms with van der Waals surface area (Å²) in [4.78, 5) is 11.8. The second-order valence-electron chi connectivity index (χ2n) is 6.45. The second kappa shape index (κ2) is 7.83. The van der Waals surface area contributed by atoms with Crippen LogP contribution in [0, 0.1) is 0 Å². The number of ether oxygens (including phenoxy) is 1. The van der Waals surface area contributed by atoms with Gasteiger partial charge >= 0.3 is 6.36 Å². The van der Waals surface area contributed by atoms with E-state index in [9.17, 15) is 13.2 Å². The number of halogens is 3. The van der Waals surface area contributed by atoms with Crippen molar-refractivity contribution in [3.05, 3.63) is 83.8 Å². The highest BCUT2D eigenvalue weighted by Gasteiger charge is 2.31. The number of rotatable bonds is 6. The number of nitrogens with zero attached hydrogens (tertiary/aromatic N) is 2. The topological polar surface area (TPSA) is 62.8 Å². The summed E-state index contributed by atoms with van der Waals surface area (Å²) >= 11 is 0. The number of fused-ring (bicyclic) bond motifs is 1. The third-order valence-corrected chi connectivity index (χ3v) is 4.41. The first-order valence-electron chi connectivity index (χ1n) is 8.91. The average molecular weight is 398 g/mol. The summed E-state index contributed by atoms with van der Waals surface area (Å²) in [6, 6.07) is 13.7. The van der Waals surface area contributed by atoms with E-state index in [4.69, 9.17) is 0 Å². The number of hydrogen-bond donors (Lipinski definition) is 2. The maximum Gasteiger partial charge on any atom is 0.573 e. The van der Waals surface area contributed by atoms with Crippen LogP contribution in [0.25, 0.3) is 11.0 Å². The lowest BCUT2D eigenvalue weighted by Gasteiger charge is -2.14. The summed E-state index contributed by atoms with van der Waals surface area (Å²) in [6.07, 6.45) is 1.38. The molecule has 0 aliphatic carbocycles. The highest BCUT2D eigenvalue weighted by atomic mass is 19.4. The third kappa shape index (κ3) is 4.66. The van der Waals surface area contributed by atoms with E-state index in [-0.39, 0.29) is 12.3 Å². The number of benzene rings is 1. The number of aromatic nitrogens is 3. The van der Waals surface area contributed by atoms with Crippen molar-refractivity contribution in [3.63, 3.8) is 0 Å². The summed E-state index contributed by atoms with van der Waals surface area (Å²) in [5.41, 5.74) is 3.37. The molecule has 1 aromatic carbocycles. The Morgan fingerprint density at radius 1 is 0.966 bits per heavy atom. The van der Waals surface area contributed by atoms with Crippen LogP contribution in [0.2, 0.25) is 0 Å². The molecule has 29 heavy (non-hydrogen) atoms. The Bertz CT molecular complexity index is 1110. The molecule has 0 bridgehead atoms. The molecule has 3 heterocycles. The fourth-order valence-corrected chi connectivity index (χ4v) is 3.07. The molecule has 3 aromatic heterocycles. The minimum atomic E-state index is -4.73. The summed E-state index contributed by atoms with van der Waals surface area (Å²) in [5.74, 6) is 0.341. The van der Waals surface area contributed by atoms with Crippen molar-refractivity contribution in [2.75, 3.05) is 5.32 Å². The van der Waals surface area contributed by atoms with E-state index in [1.165, 1.54) is 12.1 Å². The van der Waals surface area contributed by atoms with Gasteiger partial charge in [-0.3, -0.25) is 0 Å². The number of pyridine rings is 2. The Morgan fingerprint density at radius 2 is 1.83 bits per heavy atom. The summed E-state index contributed by atoms with van der Waals surface area (Å²) in [7, 11) is 0. The van der Waals surface area contributed by atoms with Crippen LogP contribution in [0.3, 0.4) is 0 Å². The number of nitrogens with one attached hydrogen (secondary N) is 2. The molecule has 0 spiro atoms. The molecule has 0 atom stereocenters. The number of H-pyrrole nitrogens is 1. The first-order valence-corrected chi connectivity index (χ1v) is 8.91. The van der Waals surface area contributed by atoms with Crippen LogP contribution in [0.1, 0.15) is 16.7 Å². The highest BCUT2D eigenvalue weighted by Crippen LogP contribution is 2.27. The maximum atomic E-state index is 12.5. The van der Waals surface area contributed by atoms with Crippen LogP contribution < -0.4 is 10.1 Å². The van der Waals surface area contributed by atoms with Crippen molar-refractivity contribution in [2.45, 2.75) is 19.3 Å². The molecular formula is C21H17F3N4O. The van der Waals surface area contributed by atoms with Gasteiger partial charge in [-0.05, 0) is 35.4 Å². The Morgan fingerprint density at radius 3 is 2.62 bits per heavy atom. The summed E-state index contributed by atoms with van der Waals surface area (Å²) in [6.45, 7) is 0.159. The zero-order valence-corrected chi connectivity index (χ0v) is 15.2. The predicted molar refractivity (Wildman–Crippen MR) is 104 cm³/mol. The molecule has 0 saturated carbocycles. The number of aromatic amines is 1. The van der Waals surface area contributed by atoms with Crippen LogP contribution in [-0.4, -0.2) is 21.3 Å². The number of anilines is 1. The zero-order chi connectivity index (χ0) is 20.3. The van der Waals surface area contributed by atoms with Gasteiger partial charge < -0.3 is 15.0 Å². The van der Waals surface area contributed by atoms with Crippen LogP contribution >= 0.6 is 0 Å². The predicted octanol–water partition coefficient (Wildman–Crippen LogP) is 5.06. The largest absolute Gasteiger partial charge is 0.573 e. The van der Waals surface area contributed by atoms with Gasteiger partial charge in [-0.2, -0.15) is 0 Å². The standard InChI is InChI=1S/C21H17F3N4O/c22-21(23,24)29-18-6-2-1-4-15(18)12-27-19-8-7-14(11-26-19)10-16-13-28-20-17(16)5-3-9-25-20/h1-9,11,13H,10,12H2,(H,25,28)(H,26,27). The molecule has 0 saturated heterocycles. The van der Waals surface area contributed by atoms with Gasteiger partial charge in [0.25, 0.3) is 0 Å². The molecular weight excluding hydrogens is 381 g/mol. The fraction of sp³-hybridized carbons (Fsp3) is 0.143. The van der Waals surface area contributed by atoms with Gasteiger partial charge in [0.05, 0.1) is 0 Å². The van der Waals surface area contributed by atoms with Gasteiger partial charge in [0.1, 0.15) is 17.2 Å².